The van der Waals surface area contributed by atoms with Crippen LogP contribution in [0.4, 0.5) is 11.4 Å². The van der Waals surface area contributed by atoms with E-state index in [1.807, 2.05) is 65.7 Å². The van der Waals surface area contributed by atoms with Crippen LogP contribution in [0.25, 0.3) is 10.8 Å². The van der Waals surface area contributed by atoms with E-state index in [2.05, 4.69) is 18.2 Å². The first-order chi connectivity index (χ1) is 19.0. The molecule has 4 aromatic rings. The summed E-state index contributed by atoms with van der Waals surface area (Å²) in [5.41, 5.74) is 1.87. The van der Waals surface area contributed by atoms with Gasteiger partial charge >= 0.3 is 0 Å². The molecule has 3 aliphatic heterocycles. The number of imide groups is 1. The zero-order valence-electron chi connectivity index (χ0n) is 21.4. The van der Waals surface area contributed by atoms with Gasteiger partial charge < -0.3 is 10.2 Å². The summed E-state index contributed by atoms with van der Waals surface area (Å²) in [5.74, 6) is -2.15. The molecular formula is C32H27ClN3O3+. The molecule has 0 saturated carbocycles. The normalized spacial score (nSPS) is 25.7. The van der Waals surface area contributed by atoms with Crippen molar-refractivity contribution in [3.05, 3.63) is 107 Å². The largest absolute Gasteiger partial charge is 0.326 e. The highest BCUT2D eigenvalue weighted by Crippen LogP contribution is 2.52. The molecule has 0 unspecified atom stereocenters. The Morgan fingerprint density at radius 3 is 2.44 bits per heavy atom. The van der Waals surface area contributed by atoms with Crippen LogP contribution in [-0.2, 0) is 26.5 Å². The monoisotopic (exact) mass is 536 g/mol. The van der Waals surface area contributed by atoms with E-state index in [9.17, 15) is 14.4 Å². The van der Waals surface area contributed by atoms with E-state index in [-0.39, 0.29) is 23.8 Å². The number of carbonyl (C=O) groups is 3. The summed E-state index contributed by atoms with van der Waals surface area (Å²) in [5, 5.41) is 4.65. The number of hydrogen-bond donors (Lipinski definition) is 1. The Bertz CT molecular complexity index is 1680. The van der Waals surface area contributed by atoms with Gasteiger partial charge in [0.15, 0.2) is 0 Å². The number of nitrogens with zero attached hydrogens (tertiary/aromatic N) is 2. The van der Waals surface area contributed by atoms with Gasteiger partial charge in [-0.2, -0.15) is 0 Å². The molecule has 2 N–H and O–H groups in total. The fourth-order valence-electron chi connectivity index (χ4n) is 7.11. The lowest BCUT2D eigenvalue weighted by atomic mass is 9.76. The van der Waals surface area contributed by atoms with Gasteiger partial charge in [-0.05, 0) is 47.0 Å². The molecule has 2 fully saturated rings. The van der Waals surface area contributed by atoms with Crippen LogP contribution in [-0.4, -0.2) is 23.8 Å². The number of para-hydroxylation sites is 1. The van der Waals surface area contributed by atoms with Gasteiger partial charge in [-0.1, -0.05) is 85.3 Å². The molecule has 4 aromatic carbocycles. The molecule has 0 aliphatic carbocycles. The smallest absolute Gasteiger partial charge is 0.294 e. The van der Waals surface area contributed by atoms with Gasteiger partial charge in [-0.25, -0.2) is 4.90 Å². The first-order valence-electron chi connectivity index (χ1n) is 13.3. The maximum atomic E-state index is 14.7. The highest BCUT2D eigenvalue weighted by atomic mass is 35.5. The zero-order chi connectivity index (χ0) is 26.9. The highest BCUT2D eigenvalue weighted by Gasteiger charge is 2.75. The number of rotatable bonds is 4. The van der Waals surface area contributed by atoms with E-state index >= 15 is 0 Å². The van der Waals surface area contributed by atoms with Crippen LogP contribution in [0.2, 0.25) is 5.02 Å². The maximum Gasteiger partial charge on any atom is 0.294 e. The Hall–Kier alpha value is -4.00. The predicted molar refractivity (Wildman–Crippen MR) is 150 cm³/mol. The van der Waals surface area contributed by atoms with E-state index in [0.29, 0.717) is 23.7 Å². The van der Waals surface area contributed by atoms with E-state index < -0.39 is 17.4 Å². The number of anilines is 2. The number of fused-ring (bicyclic) bond motifs is 5. The molecule has 194 valence electrons. The van der Waals surface area contributed by atoms with E-state index in [4.69, 9.17) is 11.6 Å². The SMILES string of the molecule is CC[C@H]1[NH2+][C@]2(C(=O)N(Cc3cccc4ccccc34)c3ccccc32)[C@@H]2C(=O)N(c3cccc(Cl)c3)C(=O)[C@H]21. The summed E-state index contributed by atoms with van der Waals surface area (Å²) in [6.45, 7) is 2.39. The number of halogens is 1. The van der Waals surface area contributed by atoms with Gasteiger partial charge in [0.05, 0.1) is 24.0 Å². The minimum Gasteiger partial charge on any atom is -0.326 e. The Labute approximate surface area is 231 Å². The van der Waals surface area contributed by atoms with Crippen molar-refractivity contribution in [3.63, 3.8) is 0 Å². The highest BCUT2D eigenvalue weighted by molar-refractivity contribution is 6.31. The first kappa shape index (κ1) is 24.1. The summed E-state index contributed by atoms with van der Waals surface area (Å²) < 4.78 is 0. The quantitative estimate of drug-likeness (QED) is 0.393. The lowest BCUT2D eigenvalue weighted by Gasteiger charge is -2.27. The molecule has 7 rings (SSSR count). The fourth-order valence-corrected chi connectivity index (χ4v) is 7.30. The molecule has 2 saturated heterocycles. The minimum absolute atomic E-state index is 0.142. The van der Waals surface area contributed by atoms with Crippen LogP contribution in [0.1, 0.15) is 24.5 Å². The Kier molecular flexibility index (Phi) is 5.41. The summed E-state index contributed by atoms with van der Waals surface area (Å²) in [7, 11) is 0. The van der Waals surface area contributed by atoms with Crippen molar-refractivity contribution in [2.24, 2.45) is 11.8 Å². The predicted octanol–water partition coefficient (Wildman–Crippen LogP) is 4.40. The molecule has 0 bridgehead atoms. The molecule has 3 amide bonds. The number of carbonyl (C=O) groups excluding carboxylic acids is 3. The lowest BCUT2D eigenvalue weighted by molar-refractivity contribution is -0.733. The summed E-state index contributed by atoms with van der Waals surface area (Å²) in [6.07, 6.45) is 0.657. The second-order valence-electron chi connectivity index (χ2n) is 10.6. The lowest BCUT2D eigenvalue weighted by Crippen LogP contribution is -2.99. The van der Waals surface area contributed by atoms with Crippen molar-refractivity contribution in [2.75, 3.05) is 9.80 Å². The van der Waals surface area contributed by atoms with Crippen LogP contribution in [0.5, 0.6) is 0 Å². The number of benzene rings is 4. The third-order valence-electron chi connectivity index (χ3n) is 8.77. The molecule has 3 heterocycles. The van der Waals surface area contributed by atoms with Crippen LogP contribution in [0, 0.1) is 11.8 Å². The van der Waals surface area contributed by atoms with Crippen molar-refractivity contribution in [2.45, 2.75) is 31.5 Å². The minimum atomic E-state index is -1.20. The molecule has 7 heteroatoms. The Morgan fingerprint density at radius 1 is 0.872 bits per heavy atom. The summed E-state index contributed by atoms with van der Waals surface area (Å²) >= 11 is 6.23. The molecule has 39 heavy (non-hydrogen) atoms. The van der Waals surface area contributed by atoms with Gasteiger partial charge in [-0.15, -0.1) is 0 Å². The number of hydrogen-bond acceptors (Lipinski definition) is 3. The van der Waals surface area contributed by atoms with E-state index in [1.165, 1.54) is 4.90 Å². The molecule has 3 aliphatic rings. The molecule has 4 atom stereocenters. The maximum absolute atomic E-state index is 14.7. The second-order valence-corrected chi connectivity index (χ2v) is 11.1. The van der Waals surface area contributed by atoms with Gasteiger partial charge in [0.2, 0.25) is 17.4 Å². The Morgan fingerprint density at radius 2 is 1.62 bits per heavy atom. The van der Waals surface area contributed by atoms with Crippen molar-refractivity contribution >= 4 is 51.5 Å². The van der Waals surface area contributed by atoms with E-state index in [1.54, 1.807) is 24.3 Å². The molecule has 0 aromatic heterocycles. The Balaban J connectivity index is 1.36. The van der Waals surface area contributed by atoms with Gasteiger partial charge in [0.1, 0.15) is 11.8 Å². The first-order valence-corrected chi connectivity index (χ1v) is 13.7. The third-order valence-corrected chi connectivity index (χ3v) is 9.00. The average Bonchev–Trinajstić information content (AvgIpc) is 3.52. The third kappa shape index (κ3) is 3.28. The van der Waals surface area contributed by atoms with E-state index in [0.717, 1.165) is 27.6 Å². The van der Waals surface area contributed by atoms with Crippen LogP contribution >= 0.6 is 11.6 Å². The van der Waals surface area contributed by atoms with Gasteiger partial charge in [-0.3, -0.25) is 14.4 Å². The van der Waals surface area contributed by atoms with Crippen molar-refractivity contribution in [1.29, 1.82) is 0 Å². The molecule has 6 nitrogen and oxygen atoms in total. The zero-order valence-corrected chi connectivity index (χ0v) is 22.1. The van der Waals surface area contributed by atoms with Crippen molar-refractivity contribution in [3.8, 4) is 0 Å². The van der Waals surface area contributed by atoms with Crippen molar-refractivity contribution < 1.29 is 19.7 Å². The number of quaternary nitrogens is 1. The molecule has 1 spiro atoms. The van der Waals surface area contributed by atoms with Gasteiger partial charge in [0.25, 0.3) is 5.91 Å². The standard InChI is InChI=1S/C32H26ClN3O3/c1-2-25-27-28(30(38)36(29(27)37)22-13-8-12-21(33)17-22)32(34-25)24-15-5-6-16-26(24)35(31(32)39)18-20-11-7-10-19-9-3-4-14-23(19)20/h3-17,25,27-28,34H,2,18H2,1H3/p+1/t25-,27+,28+,32+/m1/s1. The van der Waals surface area contributed by atoms with Crippen LogP contribution in [0.3, 0.4) is 0 Å². The fraction of sp³-hybridized carbons (Fsp3) is 0.219. The second kappa shape index (κ2) is 8.76. The van der Waals surface area contributed by atoms with Crippen LogP contribution < -0.4 is 15.1 Å². The van der Waals surface area contributed by atoms with Crippen molar-refractivity contribution in [1.82, 2.24) is 0 Å². The number of nitrogens with two attached hydrogens (primary N) is 1. The van der Waals surface area contributed by atoms with Crippen LogP contribution in [0.15, 0.2) is 91.0 Å². The topological polar surface area (TPSA) is 74.3 Å². The molecular weight excluding hydrogens is 510 g/mol. The number of amides is 3. The molecule has 0 radical (unpaired) electrons. The average molecular weight is 537 g/mol. The summed E-state index contributed by atoms with van der Waals surface area (Å²) in [6, 6.07) is 28.6. The summed E-state index contributed by atoms with van der Waals surface area (Å²) in [4.78, 5) is 45.8. The van der Waals surface area contributed by atoms with Gasteiger partial charge in [0, 0.05) is 10.6 Å².